The first-order chi connectivity index (χ1) is 10.4. The molecule has 2 aromatic rings. The Balaban J connectivity index is 1.93. The SMILES string of the molecule is O=P(O)(O)CCCCc1cccc(Oc2ccccc2F)c1. The van der Waals surface area contributed by atoms with Crippen molar-refractivity contribution in [1.82, 2.24) is 0 Å². The number of aryl methyl sites for hydroxylation is 1. The van der Waals surface area contributed by atoms with Crippen LogP contribution in [0.25, 0.3) is 0 Å². The number of benzene rings is 2. The van der Waals surface area contributed by atoms with Crippen LogP contribution in [0.5, 0.6) is 11.5 Å². The molecule has 0 saturated carbocycles. The van der Waals surface area contributed by atoms with Crippen molar-refractivity contribution in [2.24, 2.45) is 0 Å². The first kappa shape index (κ1) is 16.7. The van der Waals surface area contributed by atoms with Crippen LogP contribution >= 0.6 is 7.60 Å². The highest BCUT2D eigenvalue weighted by Crippen LogP contribution is 2.35. The third-order valence-electron chi connectivity index (χ3n) is 3.13. The predicted molar refractivity (Wildman–Crippen MR) is 82.8 cm³/mol. The van der Waals surface area contributed by atoms with E-state index in [0.29, 0.717) is 25.0 Å². The molecule has 0 radical (unpaired) electrons. The van der Waals surface area contributed by atoms with E-state index in [-0.39, 0.29) is 11.9 Å². The maximum Gasteiger partial charge on any atom is 0.325 e. The summed E-state index contributed by atoms with van der Waals surface area (Å²) in [4.78, 5) is 17.6. The Morgan fingerprint density at radius 1 is 1.05 bits per heavy atom. The molecule has 22 heavy (non-hydrogen) atoms. The summed E-state index contributed by atoms with van der Waals surface area (Å²) in [5, 5.41) is 0. The fourth-order valence-corrected chi connectivity index (χ4v) is 2.70. The molecule has 4 nitrogen and oxygen atoms in total. The van der Waals surface area contributed by atoms with Crippen molar-refractivity contribution in [3.05, 3.63) is 59.9 Å². The van der Waals surface area contributed by atoms with Gasteiger partial charge in [0.2, 0.25) is 0 Å². The van der Waals surface area contributed by atoms with E-state index >= 15 is 0 Å². The fraction of sp³-hybridized carbons (Fsp3) is 0.250. The zero-order chi connectivity index (χ0) is 16.0. The van der Waals surface area contributed by atoms with Crippen molar-refractivity contribution in [2.45, 2.75) is 19.3 Å². The molecular weight excluding hydrogens is 306 g/mol. The number of hydrogen-bond donors (Lipinski definition) is 2. The molecular formula is C16H18FO4P. The van der Waals surface area contributed by atoms with Crippen molar-refractivity contribution in [1.29, 1.82) is 0 Å². The number of para-hydroxylation sites is 1. The summed E-state index contributed by atoms with van der Waals surface area (Å²) >= 11 is 0. The van der Waals surface area contributed by atoms with Crippen molar-refractivity contribution in [3.8, 4) is 11.5 Å². The van der Waals surface area contributed by atoms with Gasteiger partial charge in [-0.25, -0.2) is 4.39 Å². The first-order valence-corrected chi connectivity index (χ1v) is 8.80. The molecule has 0 saturated heterocycles. The van der Waals surface area contributed by atoms with Gasteiger partial charge in [0, 0.05) is 6.16 Å². The topological polar surface area (TPSA) is 66.8 Å². The second-order valence-corrected chi connectivity index (χ2v) is 6.80. The molecule has 2 rings (SSSR count). The van der Waals surface area contributed by atoms with Crippen LogP contribution in [-0.4, -0.2) is 15.9 Å². The molecule has 0 heterocycles. The maximum atomic E-state index is 13.5. The van der Waals surface area contributed by atoms with E-state index in [2.05, 4.69) is 0 Å². The van der Waals surface area contributed by atoms with Crippen LogP contribution in [0.3, 0.4) is 0 Å². The summed E-state index contributed by atoms with van der Waals surface area (Å²) in [5.41, 5.74) is 0.986. The van der Waals surface area contributed by atoms with Gasteiger partial charge >= 0.3 is 7.60 Å². The molecule has 0 aromatic heterocycles. The molecule has 0 aliphatic rings. The number of hydrogen-bond acceptors (Lipinski definition) is 2. The lowest BCUT2D eigenvalue weighted by molar-refractivity contribution is 0.371. The third kappa shape index (κ3) is 5.60. The minimum Gasteiger partial charge on any atom is -0.454 e. The van der Waals surface area contributed by atoms with Gasteiger partial charge in [-0.15, -0.1) is 0 Å². The summed E-state index contributed by atoms with van der Waals surface area (Å²) in [6.07, 6.45) is 1.73. The van der Waals surface area contributed by atoms with Crippen LogP contribution in [0.2, 0.25) is 0 Å². The van der Waals surface area contributed by atoms with Crippen LogP contribution in [0.1, 0.15) is 18.4 Å². The molecule has 2 N–H and O–H groups in total. The Bertz CT molecular complexity index is 669. The molecule has 6 heteroatoms. The fourth-order valence-electron chi connectivity index (χ4n) is 2.07. The van der Waals surface area contributed by atoms with Gasteiger partial charge in [0.25, 0.3) is 0 Å². The van der Waals surface area contributed by atoms with Crippen LogP contribution in [-0.2, 0) is 11.0 Å². The van der Waals surface area contributed by atoms with E-state index in [1.54, 1.807) is 24.3 Å². The minimum absolute atomic E-state index is 0.0988. The van der Waals surface area contributed by atoms with Crippen molar-refractivity contribution < 1.29 is 23.5 Å². The highest BCUT2D eigenvalue weighted by Gasteiger charge is 2.11. The molecule has 0 aliphatic carbocycles. The monoisotopic (exact) mass is 324 g/mol. The lowest BCUT2D eigenvalue weighted by Crippen LogP contribution is -1.92. The summed E-state index contributed by atoms with van der Waals surface area (Å²) in [6.45, 7) is 0. The average molecular weight is 324 g/mol. The number of halogens is 1. The zero-order valence-electron chi connectivity index (χ0n) is 12.0. The number of rotatable bonds is 7. The highest BCUT2D eigenvalue weighted by molar-refractivity contribution is 7.51. The molecule has 0 fully saturated rings. The Labute approximate surface area is 128 Å². The second kappa shape index (κ2) is 7.54. The van der Waals surface area contributed by atoms with Crippen LogP contribution < -0.4 is 4.74 Å². The smallest absolute Gasteiger partial charge is 0.325 e. The Kier molecular flexibility index (Phi) is 5.72. The molecule has 0 unspecified atom stereocenters. The molecule has 0 spiro atoms. The summed E-state index contributed by atoms with van der Waals surface area (Å²) in [7, 11) is -3.91. The molecule has 0 amide bonds. The minimum atomic E-state index is -3.91. The average Bonchev–Trinajstić information content (AvgIpc) is 2.46. The second-order valence-electron chi connectivity index (χ2n) is 5.03. The van der Waals surface area contributed by atoms with E-state index < -0.39 is 13.4 Å². The summed E-state index contributed by atoms with van der Waals surface area (Å²) in [5.74, 6) is 0.285. The maximum absolute atomic E-state index is 13.5. The van der Waals surface area contributed by atoms with Gasteiger partial charge in [0.15, 0.2) is 11.6 Å². The van der Waals surface area contributed by atoms with Gasteiger partial charge in [-0.1, -0.05) is 24.3 Å². The van der Waals surface area contributed by atoms with E-state index in [1.807, 2.05) is 18.2 Å². The van der Waals surface area contributed by atoms with Gasteiger partial charge in [0.1, 0.15) is 5.75 Å². The Morgan fingerprint density at radius 2 is 1.82 bits per heavy atom. The highest BCUT2D eigenvalue weighted by atomic mass is 31.2. The zero-order valence-corrected chi connectivity index (χ0v) is 12.9. The predicted octanol–water partition coefficient (Wildman–Crippen LogP) is 4.12. The first-order valence-electron chi connectivity index (χ1n) is 7.00. The van der Waals surface area contributed by atoms with Gasteiger partial charge in [0.05, 0.1) is 0 Å². The van der Waals surface area contributed by atoms with E-state index in [4.69, 9.17) is 14.5 Å². The number of ether oxygens (including phenoxy) is 1. The number of unbranched alkanes of at least 4 members (excludes halogenated alkanes) is 1. The van der Waals surface area contributed by atoms with Crippen molar-refractivity contribution >= 4 is 7.60 Å². The normalized spacial score (nSPS) is 11.4. The Hall–Kier alpha value is -1.68. The molecule has 0 bridgehead atoms. The van der Waals surface area contributed by atoms with Crippen LogP contribution in [0, 0.1) is 5.82 Å². The summed E-state index contributed by atoms with van der Waals surface area (Å²) in [6, 6.07) is 13.5. The Morgan fingerprint density at radius 3 is 2.55 bits per heavy atom. The van der Waals surface area contributed by atoms with E-state index in [9.17, 15) is 8.96 Å². The third-order valence-corrected chi connectivity index (χ3v) is 4.03. The molecule has 2 aromatic carbocycles. The quantitative estimate of drug-likeness (QED) is 0.594. The van der Waals surface area contributed by atoms with Gasteiger partial charge in [-0.3, -0.25) is 4.57 Å². The standard InChI is InChI=1S/C16H18FO4P/c17-15-9-1-2-10-16(15)21-14-8-5-7-13(12-14)6-3-4-11-22(18,19)20/h1-2,5,7-10,12H,3-4,6,11H2,(H2,18,19,20). The van der Waals surface area contributed by atoms with Gasteiger partial charge in [-0.05, 0) is 49.1 Å². The van der Waals surface area contributed by atoms with Gasteiger partial charge < -0.3 is 14.5 Å². The summed E-state index contributed by atoms with van der Waals surface area (Å²) < 4.78 is 29.8. The molecule has 0 aliphatic heterocycles. The van der Waals surface area contributed by atoms with E-state index in [0.717, 1.165) is 5.56 Å². The lowest BCUT2D eigenvalue weighted by atomic mass is 10.1. The molecule has 118 valence electrons. The van der Waals surface area contributed by atoms with E-state index in [1.165, 1.54) is 6.07 Å². The lowest BCUT2D eigenvalue weighted by Gasteiger charge is -2.08. The largest absolute Gasteiger partial charge is 0.454 e. The van der Waals surface area contributed by atoms with Crippen molar-refractivity contribution in [2.75, 3.05) is 6.16 Å². The van der Waals surface area contributed by atoms with Crippen molar-refractivity contribution in [3.63, 3.8) is 0 Å². The van der Waals surface area contributed by atoms with Crippen LogP contribution in [0.15, 0.2) is 48.5 Å². The van der Waals surface area contributed by atoms with Crippen LogP contribution in [0.4, 0.5) is 4.39 Å². The molecule has 0 atom stereocenters. The van der Waals surface area contributed by atoms with Gasteiger partial charge in [-0.2, -0.15) is 0 Å².